The molecule has 0 N–H and O–H groups in total. The van der Waals surface area contributed by atoms with Gasteiger partial charge in [0.15, 0.2) is 0 Å². The molecule has 0 radical (unpaired) electrons. The van der Waals surface area contributed by atoms with Gasteiger partial charge >= 0.3 is 0 Å². The molecule has 0 fully saturated rings. The predicted molar refractivity (Wildman–Crippen MR) is 103 cm³/mol. The molecule has 1 aromatic heterocycles. The van der Waals surface area contributed by atoms with Crippen LogP contribution in [0.15, 0.2) is 83.3 Å². The van der Waals surface area contributed by atoms with Crippen LogP contribution in [-0.4, -0.2) is 4.92 Å². The SMILES string of the molecule is O=[N+]([O-])c1ccccc1-c1cc2ccccc2c2oc3ccccc3c12. The van der Waals surface area contributed by atoms with Gasteiger partial charge in [-0.1, -0.05) is 54.6 Å². The van der Waals surface area contributed by atoms with Crippen LogP contribution in [0.5, 0.6) is 0 Å². The first kappa shape index (κ1) is 14.7. The molecule has 26 heavy (non-hydrogen) atoms. The average Bonchev–Trinajstić information content (AvgIpc) is 3.07. The van der Waals surface area contributed by atoms with E-state index in [0.717, 1.165) is 38.3 Å². The van der Waals surface area contributed by atoms with E-state index in [1.807, 2.05) is 60.7 Å². The lowest BCUT2D eigenvalue weighted by Gasteiger charge is -2.08. The quantitative estimate of drug-likeness (QED) is 0.279. The number of nitro groups is 1. The zero-order valence-electron chi connectivity index (χ0n) is 13.7. The summed E-state index contributed by atoms with van der Waals surface area (Å²) in [6.07, 6.45) is 0. The van der Waals surface area contributed by atoms with E-state index in [4.69, 9.17) is 4.42 Å². The zero-order valence-corrected chi connectivity index (χ0v) is 13.7. The van der Waals surface area contributed by atoms with Crippen LogP contribution in [0, 0.1) is 10.1 Å². The Morgan fingerprint density at radius 2 is 1.46 bits per heavy atom. The molecule has 4 heteroatoms. The van der Waals surface area contributed by atoms with Crippen molar-refractivity contribution in [2.75, 3.05) is 0 Å². The summed E-state index contributed by atoms with van der Waals surface area (Å²) in [5, 5.41) is 15.4. The monoisotopic (exact) mass is 339 g/mol. The van der Waals surface area contributed by atoms with Crippen molar-refractivity contribution in [1.82, 2.24) is 0 Å². The number of hydrogen-bond acceptors (Lipinski definition) is 3. The van der Waals surface area contributed by atoms with Gasteiger partial charge in [-0.15, -0.1) is 0 Å². The van der Waals surface area contributed by atoms with E-state index in [9.17, 15) is 10.1 Å². The van der Waals surface area contributed by atoms with Gasteiger partial charge in [0.1, 0.15) is 11.2 Å². The molecular formula is C22H13NO3. The zero-order chi connectivity index (χ0) is 17.7. The molecule has 0 atom stereocenters. The summed E-state index contributed by atoms with van der Waals surface area (Å²) in [6.45, 7) is 0. The minimum absolute atomic E-state index is 0.0920. The summed E-state index contributed by atoms with van der Waals surface area (Å²) in [7, 11) is 0. The second-order valence-corrected chi connectivity index (χ2v) is 6.22. The maximum atomic E-state index is 11.6. The molecule has 124 valence electrons. The summed E-state index contributed by atoms with van der Waals surface area (Å²) >= 11 is 0. The van der Waals surface area contributed by atoms with Crippen LogP contribution in [0.1, 0.15) is 0 Å². The highest BCUT2D eigenvalue weighted by atomic mass is 16.6. The highest BCUT2D eigenvalue weighted by molar-refractivity contribution is 6.21. The van der Waals surface area contributed by atoms with Crippen LogP contribution in [0.2, 0.25) is 0 Å². The fourth-order valence-corrected chi connectivity index (χ4v) is 3.63. The van der Waals surface area contributed by atoms with E-state index in [-0.39, 0.29) is 10.6 Å². The minimum Gasteiger partial charge on any atom is -0.455 e. The highest BCUT2D eigenvalue weighted by Crippen LogP contribution is 2.43. The van der Waals surface area contributed by atoms with Gasteiger partial charge in [0.25, 0.3) is 5.69 Å². The van der Waals surface area contributed by atoms with Gasteiger partial charge in [0, 0.05) is 27.8 Å². The molecule has 4 nitrogen and oxygen atoms in total. The fourth-order valence-electron chi connectivity index (χ4n) is 3.63. The Hall–Kier alpha value is -3.66. The molecule has 0 bridgehead atoms. The van der Waals surface area contributed by atoms with Crippen molar-refractivity contribution in [2.45, 2.75) is 0 Å². The fraction of sp³-hybridized carbons (Fsp3) is 0. The van der Waals surface area contributed by atoms with Crippen molar-refractivity contribution >= 4 is 38.4 Å². The van der Waals surface area contributed by atoms with Gasteiger partial charge in [-0.25, -0.2) is 0 Å². The Bertz CT molecular complexity index is 1320. The number of nitrogens with zero attached hydrogens (tertiary/aromatic N) is 1. The Kier molecular flexibility index (Phi) is 3.06. The molecule has 5 rings (SSSR count). The number of para-hydroxylation sites is 2. The van der Waals surface area contributed by atoms with Gasteiger partial charge in [0.2, 0.25) is 0 Å². The molecular weight excluding hydrogens is 326 g/mol. The van der Waals surface area contributed by atoms with Crippen molar-refractivity contribution in [3.63, 3.8) is 0 Å². The maximum absolute atomic E-state index is 11.6. The van der Waals surface area contributed by atoms with Crippen molar-refractivity contribution in [3.8, 4) is 11.1 Å². The van der Waals surface area contributed by atoms with Gasteiger partial charge in [-0.2, -0.15) is 0 Å². The normalized spacial score (nSPS) is 11.4. The maximum Gasteiger partial charge on any atom is 0.277 e. The van der Waals surface area contributed by atoms with E-state index in [1.54, 1.807) is 18.2 Å². The molecule has 0 aliphatic carbocycles. The number of hydrogen-bond donors (Lipinski definition) is 0. The number of benzene rings is 4. The van der Waals surface area contributed by atoms with E-state index in [1.165, 1.54) is 0 Å². The van der Waals surface area contributed by atoms with E-state index in [2.05, 4.69) is 0 Å². The van der Waals surface area contributed by atoms with Crippen molar-refractivity contribution in [2.24, 2.45) is 0 Å². The lowest BCUT2D eigenvalue weighted by Crippen LogP contribution is -1.92. The van der Waals surface area contributed by atoms with Gasteiger partial charge in [0.05, 0.1) is 10.5 Å². The Balaban J connectivity index is 2.03. The van der Waals surface area contributed by atoms with E-state index in [0.29, 0.717) is 5.56 Å². The minimum atomic E-state index is -0.335. The molecule has 5 aromatic rings. The third kappa shape index (κ3) is 2.02. The topological polar surface area (TPSA) is 56.3 Å². The number of rotatable bonds is 2. The van der Waals surface area contributed by atoms with Gasteiger partial charge in [-0.05, 0) is 23.6 Å². The first-order chi connectivity index (χ1) is 12.7. The largest absolute Gasteiger partial charge is 0.455 e. The van der Waals surface area contributed by atoms with Crippen molar-refractivity contribution < 1.29 is 9.34 Å². The molecule has 0 amide bonds. The van der Waals surface area contributed by atoms with Crippen LogP contribution >= 0.6 is 0 Å². The first-order valence-electron chi connectivity index (χ1n) is 8.31. The van der Waals surface area contributed by atoms with Crippen LogP contribution < -0.4 is 0 Å². The van der Waals surface area contributed by atoms with Crippen molar-refractivity contribution in [3.05, 3.63) is 89.0 Å². The second-order valence-electron chi connectivity index (χ2n) is 6.22. The van der Waals surface area contributed by atoms with Gasteiger partial charge in [-0.3, -0.25) is 10.1 Å². The lowest BCUT2D eigenvalue weighted by atomic mass is 9.94. The van der Waals surface area contributed by atoms with Crippen LogP contribution in [0.3, 0.4) is 0 Å². The smallest absolute Gasteiger partial charge is 0.277 e. The van der Waals surface area contributed by atoms with Crippen LogP contribution in [0.4, 0.5) is 5.69 Å². The van der Waals surface area contributed by atoms with Crippen LogP contribution in [-0.2, 0) is 0 Å². The molecule has 0 saturated heterocycles. The number of fused-ring (bicyclic) bond motifs is 5. The average molecular weight is 339 g/mol. The predicted octanol–water partition coefficient (Wildman–Crippen LogP) is 6.31. The third-order valence-corrected chi connectivity index (χ3v) is 4.76. The van der Waals surface area contributed by atoms with E-state index < -0.39 is 0 Å². The summed E-state index contributed by atoms with van der Waals surface area (Å²) < 4.78 is 6.16. The number of nitro benzene ring substituents is 1. The van der Waals surface area contributed by atoms with Gasteiger partial charge < -0.3 is 4.42 Å². The molecule has 0 unspecified atom stereocenters. The molecule has 0 saturated carbocycles. The summed E-state index contributed by atoms with van der Waals surface area (Å²) in [5.41, 5.74) is 3.04. The third-order valence-electron chi connectivity index (χ3n) is 4.76. The summed E-state index contributed by atoms with van der Waals surface area (Å²) in [4.78, 5) is 11.2. The second kappa shape index (κ2) is 5.43. The first-order valence-corrected chi connectivity index (χ1v) is 8.31. The summed E-state index contributed by atoms with van der Waals surface area (Å²) in [6, 6.07) is 24.6. The van der Waals surface area contributed by atoms with Crippen molar-refractivity contribution in [1.29, 1.82) is 0 Å². The highest BCUT2D eigenvalue weighted by Gasteiger charge is 2.21. The lowest BCUT2D eigenvalue weighted by molar-refractivity contribution is -0.384. The summed E-state index contributed by atoms with van der Waals surface area (Å²) in [5.74, 6) is 0. The molecule has 0 aliphatic heterocycles. The van der Waals surface area contributed by atoms with E-state index >= 15 is 0 Å². The molecule has 1 heterocycles. The Labute approximate surface area is 148 Å². The Morgan fingerprint density at radius 1 is 0.769 bits per heavy atom. The molecule has 0 spiro atoms. The Morgan fingerprint density at radius 3 is 2.31 bits per heavy atom. The standard InChI is InChI=1S/C22H13NO3/c24-23(25)19-11-5-3-9-16(19)18-13-14-7-1-2-8-15(14)22-21(18)17-10-4-6-12-20(17)26-22/h1-13H. The molecule has 4 aromatic carbocycles. The molecule has 0 aliphatic rings. The number of furan rings is 1. The van der Waals surface area contributed by atoms with Crippen LogP contribution in [0.25, 0.3) is 43.8 Å².